The Balaban J connectivity index is 2.40. The van der Waals surface area contributed by atoms with Gasteiger partial charge in [-0.25, -0.2) is 4.79 Å². The number of carbonyl (C=O) groups is 2. The van der Waals surface area contributed by atoms with Crippen LogP contribution in [-0.2, 0) is 19.1 Å². The summed E-state index contributed by atoms with van der Waals surface area (Å²) in [5, 5.41) is 0. The molecular formula is C16H26O4. The fourth-order valence-electron chi connectivity index (χ4n) is 2.51. The third-order valence-corrected chi connectivity index (χ3v) is 3.65. The molecule has 1 rings (SSSR count). The fourth-order valence-corrected chi connectivity index (χ4v) is 2.51. The first-order valence-corrected chi connectivity index (χ1v) is 7.68. The van der Waals surface area contributed by atoms with Gasteiger partial charge in [0.1, 0.15) is 12.0 Å². The van der Waals surface area contributed by atoms with Gasteiger partial charge in [-0.05, 0) is 19.8 Å². The summed E-state index contributed by atoms with van der Waals surface area (Å²) in [7, 11) is 0. The summed E-state index contributed by atoms with van der Waals surface area (Å²) >= 11 is 0. The van der Waals surface area contributed by atoms with Crippen LogP contribution in [0.1, 0.15) is 58.8 Å². The summed E-state index contributed by atoms with van der Waals surface area (Å²) in [5.41, 5.74) is 0.236. The van der Waals surface area contributed by atoms with E-state index in [1.54, 1.807) is 6.92 Å². The van der Waals surface area contributed by atoms with E-state index in [4.69, 9.17) is 9.47 Å². The van der Waals surface area contributed by atoms with Crippen molar-refractivity contribution in [2.75, 3.05) is 6.61 Å². The number of cyclic esters (lactones) is 1. The van der Waals surface area contributed by atoms with Gasteiger partial charge in [-0.15, -0.1) is 0 Å². The molecule has 0 aliphatic carbocycles. The average Bonchev–Trinajstić information content (AvgIpc) is 2.69. The highest BCUT2D eigenvalue weighted by molar-refractivity contribution is 5.98. The molecule has 4 heteroatoms. The zero-order chi connectivity index (χ0) is 15.0. The van der Waals surface area contributed by atoms with E-state index in [0.29, 0.717) is 13.0 Å². The van der Waals surface area contributed by atoms with Gasteiger partial charge in [0.05, 0.1) is 6.61 Å². The van der Waals surface area contributed by atoms with Crippen LogP contribution in [0.2, 0.25) is 0 Å². The van der Waals surface area contributed by atoms with Crippen molar-refractivity contribution in [2.45, 2.75) is 64.9 Å². The SMILES string of the molecule is C=C1C(=O)O[C@H](CCCCCCCC)[C@H]1C(=O)OCC. The van der Waals surface area contributed by atoms with Crippen LogP contribution >= 0.6 is 0 Å². The summed E-state index contributed by atoms with van der Waals surface area (Å²) in [6, 6.07) is 0. The van der Waals surface area contributed by atoms with E-state index in [2.05, 4.69) is 13.5 Å². The van der Waals surface area contributed by atoms with Crippen LogP contribution in [0.5, 0.6) is 0 Å². The summed E-state index contributed by atoms with van der Waals surface area (Å²) < 4.78 is 10.2. The number of ether oxygens (including phenoxy) is 2. The Labute approximate surface area is 121 Å². The predicted molar refractivity (Wildman–Crippen MR) is 77.1 cm³/mol. The van der Waals surface area contributed by atoms with Gasteiger partial charge in [0.25, 0.3) is 0 Å². The molecule has 0 aromatic carbocycles. The number of rotatable bonds is 9. The summed E-state index contributed by atoms with van der Waals surface area (Å²) in [6.07, 6.45) is 7.32. The van der Waals surface area contributed by atoms with Crippen LogP contribution < -0.4 is 0 Å². The topological polar surface area (TPSA) is 52.6 Å². The number of hydrogen-bond donors (Lipinski definition) is 0. The molecule has 1 aliphatic heterocycles. The third kappa shape index (κ3) is 4.66. The summed E-state index contributed by atoms with van der Waals surface area (Å²) in [6.45, 7) is 7.91. The molecule has 1 heterocycles. The first-order valence-electron chi connectivity index (χ1n) is 7.68. The van der Waals surface area contributed by atoms with Gasteiger partial charge in [0, 0.05) is 5.57 Å². The van der Waals surface area contributed by atoms with Crippen LogP contribution in [0.15, 0.2) is 12.2 Å². The minimum absolute atomic E-state index is 0.236. The van der Waals surface area contributed by atoms with E-state index in [1.165, 1.54) is 25.7 Å². The standard InChI is InChI=1S/C16H26O4/c1-4-6-7-8-9-10-11-13-14(16(18)19-5-2)12(3)15(17)20-13/h13-14H,3-11H2,1-2H3/t13-,14+/m1/s1. The molecule has 0 spiro atoms. The number of unbranched alkanes of at least 4 members (excludes halogenated alkanes) is 5. The molecule has 0 amide bonds. The van der Waals surface area contributed by atoms with Crippen LogP contribution in [0.25, 0.3) is 0 Å². The van der Waals surface area contributed by atoms with Crippen LogP contribution in [0, 0.1) is 5.92 Å². The first-order chi connectivity index (χ1) is 9.61. The van der Waals surface area contributed by atoms with Crippen molar-refractivity contribution in [1.29, 1.82) is 0 Å². The van der Waals surface area contributed by atoms with Crippen molar-refractivity contribution in [1.82, 2.24) is 0 Å². The Morgan fingerprint density at radius 2 is 1.85 bits per heavy atom. The van der Waals surface area contributed by atoms with E-state index in [0.717, 1.165) is 12.8 Å². The maximum Gasteiger partial charge on any atom is 0.334 e. The summed E-state index contributed by atoms with van der Waals surface area (Å²) in [4.78, 5) is 23.4. The smallest absolute Gasteiger partial charge is 0.334 e. The van der Waals surface area contributed by atoms with Crippen molar-refractivity contribution >= 4 is 11.9 Å². The lowest BCUT2D eigenvalue weighted by Crippen LogP contribution is -2.27. The quantitative estimate of drug-likeness (QED) is 0.369. The second-order valence-corrected chi connectivity index (χ2v) is 5.26. The molecule has 0 aromatic rings. The molecule has 0 N–H and O–H groups in total. The van der Waals surface area contributed by atoms with Gasteiger partial charge in [0.2, 0.25) is 0 Å². The van der Waals surface area contributed by atoms with Crippen molar-refractivity contribution in [3.05, 3.63) is 12.2 Å². The molecule has 0 radical (unpaired) electrons. The van der Waals surface area contributed by atoms with Crippen LogP contribution in [0.4, 0.5) is 0 Å². The van der Waals surface area contributed by atoms with Crippen molar-refractivity contribution in [3.8, 4) is 0 Å². The Morgan fingerprint density at radius 3 is 2.50 bits per heavy atom. The lowest BCUT2D eigenvalue weighted by atomic mass is 9.93. The highest BCUT2D eigenvalue weighted by Gasteiger charge is 2.43. The largest absolute Gasteiger partial charge is 0.465 e. The zero-order valence-corrected chi connectivity index (χ0v) is 12.7. The molecule has 114 valence electrons. The van der Waals surface area contributed by atoms with Gasteiger partial charge in [-0.3, -0.25) is 4.79 Å². The second-order valence-electron chi connectivity index (χ2n) is 5.26. The van der Waals surface area contributed by atoms with E-state index in [-0.39, 0.29) is 17.6 Å². The number of hydrogen-bond acceptors (Lipinski definition) is 4. The van der Waals surface area contributed by atoms with Crippen molar-refractivity contribution < 1.29 is 19.1 Å². The summed E-state index contributed by atoms with van der Waals surface area (Å²) in [5.74, 6) is -1.46. The van der Waals surface area contributed by atoms with Crippen molar-refractivity contribution in [2.24, 2.45) is 5.92 Å². The van der Waals surface area contributed by atoms with Crippen LogP contribution in [-0.4, -0.2) is 24.6 Å². The highest BCUT2D eigenvalue weighted by Crippen LogP contribution is 2.31. The van der Waals surface area contributed by atoms with Gasteiger partial charge >= 0.3 is 11.9 Å². The Morgan fingerprint density at radius 1 is 1.20 bits per heavy atom. The molecule has 1 aliphatic rings. The van der Waals surface area contributed by atoms with Crippen LogP contribution in [0.3, 0.4) is 0 Å². The van der Waals surface area contributed by atoms with E-state index >= 15 is 0 Å². The molecule has 0 unspecified atom stereocenters. The lowest BCUT2D eigenvalue weighted by molar-refractivity contribution is -0.149. The molecule has 0 aromatic heterocycles. The van der Waals surface area contributed by atoms with Gasteiger partial charge in [-0.1, -0.05) is 45.6 Å². The van der Waals surface area contributed by atoms with E-state index in [1.807, 2.05) is 0 Å². The molecule has 1 fully saturated rings. The van der Waals surface area contributed by atoms with Crippen molar-refractivity contribution in [3.63, 3.8) is 0 Å². The molecule has 20 heavy (non-hydrogen) atoms. The Bertz CT molecular complexity index is 348. The Hall–Kier alpha value is -1.32. The molecule has 2 atom stereocenters. The maximum absolute atomic E-state index is 11.9. The third-order valence-electron chi connectivity index (χ3n) is 3.65. The predicted octanol–water partition coefficient (Wildman–Crippen LogP) is 3.40. The van der Waals surface area contributed by atoms with Gasteiger partial charge in [0.15, 0.2) is 0 Å². The minimum atomic E-state index is -0.613. The zero-order valence-electron chi connectivity index (χ0n) is 12.7. The second kappa shape index (κ2) is 8.77. The van der Waals surface area contributed by atoms with Gasteiger partial charge in [-0.2, -0.15) is 0 Å². The van der Waals surface area contributed by atoms with Gasteiger partial charge < -0.3 is 9.47 Å². The average molecular weight is 282 g/mol. The first kappa shape index (κ1) is 16.7. The molecular weight excluding hydrogens is 256 g/mol. The highest BCUT2D eigenvalue weighted by atomic mass is 16.6. The lowest BCUT2D eigenvalue weighted by Gasteiger charge is -2.16. The number of carbonyl (C=O) groups excluding carboxylic acids is 2. The van der Waals surface area contributed by atoms with E-state index in [9.17, 15) is 9.59 Å². The minimum Gasteiger partial charge on any atom is -0.465 e. The maximum atomic E-state index is 11.9. The monoisotopic (exact) mass is 282 g/mol. The molecule has 4 nitrogen and oxygen atoms in total. The molecule has 1 saturated heterocycles. The Kier molecular flexibility index (Phi) is 7.34. The van der Waals surface area contributed by atoms with E-state index < -0.39 is 11.9 Å². The fraction of sp³-hybridized carbons (Fsp3) is 0.750. The molecule has 0 saturated carbocycles. The normalized spacial score (nSPS) is 21.9. The molecule has 0 bridgehead atoms. The number of esters is 2.